The summed E-state index contributed by atoms with van der Waals surface area (Å²) in [5.74, 6) is 1.46. The van der Waals surface area contributed by atoms with Gasteiger partial charge in [0.25, 0.3) is 0 Å². The van der Waals surface area contributed by atoms with E-state index >= 15 is 0 Å². The molecule has 1 aromatic heterocycles. The second-order valence-electron chi connectivity index (χ2n) is 6.49. The molecule has 0 saturated carbocycles. The maximum absolute atomic E-state index is 5.59. The molecule has 0 bridgehead atoms. The lowest BCUT2D eigenvalue weighted by molar-refractivity contribution is 0.0261. The van der Waals surface area contributed by atoms with Gasteiger partial charge in [0.1, 0.15) is 12.4 Å². The van der Waals surface area contributed by atoms with Gasteiger partial charge in [0.15, 0.2) is 0 Å². The maximum Gasteiger partial charge on any atom is 0.133 e. The smallest absolute Gasteiger partial charge is 0.133 e. The van der Waals surface area contributed by atoms with E-state index in [-0.39, 0.29) is 5.54 Å². The SMILES string of the molecule is CC(C)COCCOCc1occc1CNC(C)(C)C. The van der Waals surface area contributed by atoms with Crippen molar-refractivity contribution in [2.75, 3.05) is 19.8 Å². The third-order valence-electron chi connectivity index (χ3n) is 2.70. The van der Waals surface area contributed by atoms with Gasteiger partial charge < -0.3 is 19.2 Å². The average Bonchev–Trinajstić information content (AvgIpc) is 2.77. The van der Waals surface area contributed by atoms with Crippen LogP contribution in [0, 0.1) is 5.92 Å². The summed E-state index contributed by atoms with van der Waals surface area (Å²) < 4.78 is 16.5. The molecule has 0 atom stereocenters. The normalized spacial score (nSPS) is 12.3. The summed E-state index contributed by atoms with van der Waals surface area (Å²) >= 11 is 0. The number of rotatable bonds is 9. The highest BCUT2D eigenvalue weighted by Crippen LogP contribution is 2.13. The van der Waals surface area contributed by atoms with Crippen LogP contribution < -0.4 is 5.32 Å². The van der Waals surface area contributed by atoms with Gasteiger partial charge in [-0.25, -0.2) is 0 Å². The summed E-state index contributed by atoms with van der Waals surface area (Å²) in [5.41, 5.74) is 1.25. The first-order valence-corrected chi connectivity index (χ1v) is 7.34. The summed E-state index contributed by atoms with van der Waals surface area (Å²) in [4.78, 5) is 0. The molecule has 0 aliphatic carbocycles. The van der Waals surface area contributed by atoms with Crippen LogP contribution in [0.1, 0.15) is 45.9 Å². The first kappa shape index (κ1) is 17.2. The van der Waals surface area contributed by atoms with Gasteiger partial charge in [0.2, 0.25) is 0 Å². The van der Waals surface area contributed by atoms with Crippen LogP contribution in [0.3, 0.4) is 0 Å². The third-order valence-corrected chi connectivity index (χ3v) is 2.70. The van der Waals surface area contributed by atoms with Crippen LogP contribution in [0.5, 0.6) is 0 Å². The molecule has 1 aromatic rings. The lowest BCUT2D eigenvalue weighted by Gasteiger charge is -2.20. The highest BCUT2D eigenvalue weighted by molar-refractivity contribution is 5.16. The number of hydrogen-bond acceptors (Lipinski definition) is 4. The van der Waals surface area contributed by atoms with Gasteiger partial charge in [-0.3, -0.25) is 0 Å². The molecule has 0 saturated heterocycles. The Labute approximate surface area is 122 Å². The molecule has 4 nitrogen and oxygen atoms in total. The van der Waals surface area contributed by atoms with E-state index in [4.69, 9.17) is 13.9 Å². The van der Waals surface area contributed by atoms with Crippen molar-refractivity contribution >= 4 is 0 Å². The van der Waals surface area contributed by atoms with E-state index in [1.807, 2.05) is 6.07 Å². The Bertz CT molecular complexity index is 366. The lowest BCUT2D eigenvalue weighted by Crippen LogP contribution is -2.35. The highest BCUT2D eigenvalue weighted by atomic mass is 16.5. The Morgan fingerprint density at radius 1 is 1.20 bits per heavy atom. The van der Waals surface area contributed by atoms with Crippen LogP contribution in [0.2, 0.25) is 0 Å². The van der Waals surface area contributed by atoms with Gasteiger partial charge >= 0.3 is 0 Å². The van der Waals surface area contributed by atoms with Crippen molar-refractivity contribution in [1.82, 2.24) is 5.32 Å². The highest BCUT2D eigenvalue weighted by Gasteiger charge is 2.12. The zero-order valence-corrected chi connectivity index (χ0v) is 13.5. The van der Waals surface area contributed by atoms with Gasteiger partial charge in [0.05, 0.1) is 19.5 Å². The predicted octanol–water partition coefficient (Wildman–Crippen LogP) is 3.36. The molecule has 1 heterocycles. The van der Waals surface area contributed by atoms with E-state index in [1.54, 1.807) is 6.26 Å². The predicted molar refractivity (Wildman–Crippen MR) is 80.6 cm³/mol. The minimum Gasteiger partial charge on any atom is -0.467 e. The zero-order valence-electron chi connectivity index (χ0n) is 13.5. The molecule has 0 spiro atoms. The second kappa shape index (κ2) is 8.45. The molecular weight excluding hydrogens is 254 g/mol. The summed E-state index contributed by atoms with van der Waals surface area (Å²) in [6, 6.07) is 1.99. The summed E-state index contributed by atoms with van der Waals surface area (Å²) in [7, 11) is 0. The van der Waals surface area contributed by atoms with Gasteiger partial charge in [-0.2, -0.15) is 0 Å². The molecule has 116 valence electrons. The quantitative estimate of drug-likeness (QED) is 0.706. The first-order chi connectivity index (χ1) is 9.38. The minimum absolute atomic E-state index is 0.0973. The van der Waals surface area contributed by atoms with Gasteiger partial charge in [-0.05, 0) is 32.8 Å². The molecule has 0 aliphatic rings. The third kappa shape index (κ3) is 7.68. The average molecular weight is 283 g/mol. The second-order valence-corrected chi connectivity index (χ2v) is 6.49. The van der Waals surface area contributed by atoms with Crippen molar-refractivity contribution in [3.05, 3.63) is 23.7 Å². The van der Waals surface area contributed by atoms with Gasteiger partial charge in [0, 0.05) is 24.3 Å². The van der Waals surface area contributed by atoms with Crippen LogP contribution in [0.15, 0.2) is 16.7 Å². The fourth-order valence-corrected chi connectivity index (χ4v) is 1.61. The Morgan fingerprint density at radius 3 is 2.55 bits per heavy atom. The number of furan rings is 1. The van der Waals surface area contributed by atoms with Crippen LogP contribution in [0.25, 0.3) is 0 Å². The lowest BCUT2D eigenvalue weighted by atomic mass is 10.1. The van der Waals surface area contributed by atoms with Gasteiger partial charge in [-0.1, -0.05) is 13.8 Å². The van der Waals surface area contributed by atoms with Crippen molar-refractivity contribution in [2.45, 2.75) is 53.3 Å². The molecule has 20 heavy (non-hydrogen) atoms. The molecule has 0 radical (unpaired) electrons. The van der Waals surface area contributed by atoms with Crippen LogP contribution >= 0.6 is 0 Å². The molecule has 0 aromatic carbocycles. The molecule has 0 unspecified atom stereocenters. The van der Waals surface area contributed by atoms with Crippen molar-refractivity contribution in [2.24, 2.45) is 5.92 Å². The molecule has 1 N–H and O–H groups in total. The fourth-order valence-electron chi connectivity index (χ4n) is 1.61. The number of hydrogen-bond donors (Lipinski definition) is 1. The topological polar surface area (TPSA) is 43.6 Å². The molecule has 4 heteroatoms. The Balaban J connectivity index is 2.22. The standard InChI is InChI=1S/C16H29NO3/c1-13(2)11-18-8-9-19-12-15-14(6-7-20-15)10-17-16(3,4)5/h6-7,13,17H,8-12H2,1-5H3. The monoisotopic (exact) mass is 283 g/mol. The summed E-state index contributed by atoms with van der Waals surface area (Å²) in [5, 5.41) is 3.45. The van der Waals surface area contributed by atoms with E-state index in [0.29, 0.717) is 25.7 Å². The fraction of sp³-hybridized carbons (Fsp3) is 0.750. The molecule has 0 amide bonds. The van der Waals surface area contributed by atoms with E-state index in [2.05, 4.69) is 39.9 Å². The summed E-state index contributed by atoms with van der Waals surface area (Å²) in [6.45, 7) is 14.0. The molecular formula is C16H29NO3. The number of nitrogens with one attached hydrogen (secondary N) is 1. The van der Waals surface area contributed by atoms with Crippen molar-refractivity contribution in [3.63, 3.8) is 0 Å². The van der Waals surface area contributed by atoms with Crippen LogP contribution in [-0.2, 0) is 22.6 Å². The maximum atomic E-state index is 5.59. The Kier molecular flexibility index (Phi) is 7.27. The minimum atomic E-state index is 0.0973. The van der Waals surface area contributed by atoms with Crippen LogP contribution in [-0.4, -0.2) is 25.4 Å². The first-order valence-electron chi connectivity index (χ1n) is 7.34. The van der Waals surface area contributed by atoms with E-state index in [9.17, 15) is 0 Å². The van der Waals surface area contributed by atoms with Crippen molar-refractivity contribution in [1.29, 1.82) is 0 Å². The van der Waals surface area contributed by atoms with Crippen LogP contribution in [0.4, 0.5) is 0 Å². The summed E-state index contributed by atoms with van der Waals surface area (Å²) in [6.07, 6.45) is 1.72. The number of ether oxygens (including phenoxy) is 2. The Morgan fingerprint density at radius 2 is 1.90 bits per heavy atom. The molecule has 0 fully saturated rings. The van der Waals surface area contributed by atoms with E-state index < -0.39 is 0 Å². The molecule has 1 rings (SSSR count). The van der Waals surface area contributed by atoms with Crippen molar-refractivity contribution < 1.29 is 13.9 Å². The van der Waals surface area contributed by atoms with Gasteiger partial charge in [-0.15, -0.1) is 0 Å². The van der Waals surface area contributed by atoms with E-state index in [1.165, 1.54) is 0 Å². The Hall–Kier alpha value is -0.840. The van der Waals surface area contributed by atoms with Crippen molar-refractivity contribution in [3.8, 4) is 0 Å². The molecule has 0 aliphatic heterocycles. The largest absolute Gasteiger partial charge is 0.467 e. The van der Waals surface area contributed by atoms with E-state index in [0.717, 1.165) is 24.5 Å². The zero-order chi connectivity index (χ0) is 15.0.